The minimum Gasteiger partial charge on any atom is -0.497 e. The summed E-state index contributed by atoms with van der Waals surface area (Å²) < 4.78 is 16.2. The molecular weight excluding hydrogens is 216 g/mol. The molecule has 1 aromatic carbocycles. The number of benzene rings is 1. The van der Waals surface area contributed by atoms with Crippen LogP contribution in [-0.4, -0.2) is 26.4 Å². The van der Waals surface area contributed by atoms with E-state index in [9.17, 15) is 0 Å². The van der Waals surface area contributed by atoms with Gasteiger partial charge in [-0.05, 0) is 17.7 Å². The van der Waals surface area contributed by atoms with Crippen LogP contribution in [0.2, 0.25) is 0 Å². The summed E-state index contributed by atoms with van der Waals surface area (Å²) in [6.07, 6.45) is 0.373. The van der Waals surface area contributed by atoms with Crippen LogP contribution in [0, 0.1) is 5.41 Å². The highest BCUT2D eigenvalue weighted by molar-refractivity contribution is 5.26. The highest BCUT2D eigenvalue weighted by atomic mass is 16.6. The average Bonchev–Trinajstić information content (AvgIpc) is 3.14. The molecule has 0 radical (unpaired) electrons. The maximum absolute atomic E-state index is 5.74. The van der Waals surface area contributed by atoms with Crippen LogP contribution < -0.4 is 4.74 Å². The zero-order chi connectivity index (χ0) is 12.3. The van der Waals surface area contributed by atoms with Crippen molar-refractivity contribution in [1.82, 2.24) is 0 Å². The van der Waals surface area contributed by atoms with E-state index in [1.54, 1.807) is 7.11 Å². The monoisotopic (exact) mass is 236 g/mol. The summed E-state index contributed by atoms with van der Waals surface area (Å²) in [5.74, 6) is 0.875. The summed E-state index contributed by atoms with van der Waals surface area (Å²) >= 11 is 0. The Hall–Kier alpha value is -1.06. The first-order chi connectivity index (χ1) is 8.12. The molecule has 17 heavy (non-hydrogen) atoms. The Kier molecular flexibility index (Phi) is 3.69. The van der Waals surface area contributed by atoms with Gasteiger partial charge in [-0.1, -0.05) is 26.0 Å². The molecule has 1 heterocycles. The lowest BCUT2D eigenvalue weighted by Crippen LogP contribution is -2.25. The third-order valence-electron chi connectivity index (χ3n) is 3.11. The van der Waals surface area contributed by atoms with Gasteiger partial charge in [0.15, 0.2) is 0 Å². The first-order valence-corrected chi connectivity index (χ1v) is 5.94. The Morgan fingerprint density at radius 3 is 2.47 bits per heavy atom. The Bertz CT molecular complexity index is 352. The minimum atomic E-state index is 0.118. The summed E-state index contributed by atoms with van der Waals surface area (Å²) in [7, 11) is 1.67. The molecule has 1 aliphatic rings. The van der Waals surface area contributed by atoms with Gasteiger partial charge in [0.25, 0.3) is 0 Å². The molecule has 1 aromatic rings. The van der Waals surface area contributed by atoms with E-state index in [0.717, 1.165) is 19.0 Å². The highest BCUT2D eigenvalue weighted by Gasteiger charge is 2.39. The fourth-order valence-electron chi connectivity index (χ4n) is 1.75. The Morgan fingerprint density at radius 2 is 1.94 bits per heavy atom. The molecule has 3 heteroatoms. The molecule has 2 rings (SSSR count). The fraction of sp³-hybridized carbons (Fsp3) is 0.571. The summed E-state index contributed by atoms with van der Waals surface area (Å²) in [5, 5.41) is 0. The fourth-order valence-corrected chi connectivity index (χ4v) is 1.75. The van der Waals surface area contributed by atoms with E-state index in [2.05, 4.69) is 13.8 Å². The minimum absolute atomic E-state index is 0.118. The standard InChI is InChI=1S/C14H20O3/c1-14(2,13-9-17-13)10-16-8-11-4-6-12(15-3)7-5-11/h4-7,13H,8-10H2,1-3H3/t13-/m0/s1. The van der Waals surface area contributed by atoms with Crippen LogP contribution in [-0.2, 0) is 16.1 Å². The molecule has 0 aromatic heterocycles. The summed E-state index contributed by atoms with van der Waals surface area (Å²) in [5.41, 5.74) is 1.28. The summed E-state index contributed by atoms with van der Waals surface area (Å²) in [4.78, 5) is 0. The average molecular weight is 236 g/mol. The molecule has 0 spiro atoms. The molecule has 1 aliphatic heterocycles. The van der Waals surface area contributed by atoms with Crippen molar-refractivity contribution >= 4 is 0 Å². The molecule has 1 saturated heterocycles. The molecule has 3 nitrogen and oxygen atoms in total. The van der Waals surface area contributed by atoms with E-state index in [-0.39, 0.29) is 5.41 Å². The second-order valence-corrected chi connectivity index (χ2v) is 5.15. The highest BCUT2D eigenvalue weighted by Crippen LogP contribution is 2.32. The van der Waals surface area contributed by atoms with Gasteiger partial charge in [0.1, 0.15) is 5.75 Å². The Morgan fingerprint density at radius 1 is 1.29 bits per heavy atom. The predicted molar refractivity (Wildman–Crippen MR) is 66.2 cm³/mol. The van der Waals surface area contributed by atoms with Crippen molar-refractivity contribution in [2.75, 3.05) is 20.3 Å². The molecule has 1 atom stereocenters. The Labute approximate surface area is 103 Å². The summed E-state index contributed by atoms with van der Waals surface area (Å²) in [6.45, 7) is 6.60. The van der Waals surface area contributed by atoms with Gasteiger partial charge in [0.05, 0.1) is 33.0 Å². The van der Waals surface area contributed by atoms with Gasteiger partial charge < -0.3 is 14.2 Å². The third kappa shape index (κ3) is 3.45. The van der Waals surface area contributed by atoms with Gasteiger partial charge in [-0.15, -0.1) is 0 Å². The first kappa shape index (κ1) is 12.4. The number of hydrogen-bond acceptors (Lipinski definition) is 3. The van der Waals surface area contributed by atoms with E-state index in [1.807, 2.05) is 24.3 Å². The van der Waals surface area contributed by atoms with Gasteiger partial charge in [-0.25, -0.2) is 0 Å². The summed E-state index contributed by atoms with van der Waals surface area (Å²) in [6, 6.07) is 7.96. The lowest BCUT2D eigenvalue weighted by Gasteiger charge is -2.21. The van der Waals surface area contributed by atoms with Crippen LogP contribution in [0.4, 0.5) is 0 Å². The molecule has 0 aliphatic carbocycles. The van der Waals surface area contributed by atoms with E-state index in [4.69, 9.17) is 14.2 Å². The normalized spacial score (nSPS) is 19.1. The lowest BCUT2D eigenvalue weighted by molar-refractivity contribution is 0.0366. The second kappa shape index (κ2) is 5.07. The maximum Gasteiger partial charge on any atom is 0.118 e. The molecule has 1 fully saturated rings. The topological polar surface area (TPSA) is 31.0 Å². The van der Waals surface area contributed by atoms with Crippen LogP contribution in [0.5, 0.6) is 5.75 Å². The SMILES string of the molecule is COc1ccc(COCC(C)(C)[C@@H]2CO2)cc1. The van der Waals surface area contributed by atoms with Crippen LogP contribution in [0.25, 0.3) is 0 Å². The van der Waals surface area contributed by atoms with Crippen LogP contribution in [0.1, 0.15) is 19.4 Å². The van der Waals surface area contributed by atoms with Gasteiger partial charge in [-0.2, -0.15) is 0 Å². The van der Waals surface area contributed by atoms with E-state index >= 15 is 0 Å². The number of methoxy groups -OCH3 is 1. The molecule has 0 bridgehead atoms. The van der Waals surface area contributed by atoms with Crippen molar-refractivity contribution in [3.63, 3.8) is 0 Å². The zero-order valence-corrected chi connectivity index (χ0v) is 10.7. The van der Waals surface area contributed by atoms with Crippen LogP contribution in [0.3, 0.4) is 0 Å². The van der Waals surface area contributed by atoms with Crippen molar-refractivity contribution in [3.8, 4) is 5.75 Å². The Balaban J connectivity index is 1.77. The third-order valence-corrected chi connectivity index (χ3v) is 3.11. The van der Waals surface area contributed by atoms with Gasteiger partial charge in [-0.3, -0.25) is 0 Å². The molecule has 94 valence electrons. The number of rotatable bonds is 6. The lowest BCUT2D eigenvalue weighted by atomic mass is 9.91. The molecule has 0 N–H and O–H groups in total. The predicted octanol–water partition coefficient (Wildman–Crippen LogP) is 2.64. The smallest absolute Gasteiger partial charge is 0.118 e. The largest absolute Gasteiger partial charge is 0.497 e. The quantitative estimate of drug-likeness (QED) is 0.711. The number of ether oxygens (including phenoxy) is 3. The second-order valence-electron chi connectivity index (χ2n) is 5.15. The van der Waals surface area contributed by atoms with Crippen molar-refractivity contribution in [3.05, 3.63) is 29.8 Å². The van der Waals surface area contributed by atoms with Crippen molar-refractivity contribution in [1.29, 1.82) is 0 Å². The molecule has 0 amide bonds. The van der Waals surface area contributed by atoms with Crippen molar-refractivity contribution in [2.45, 2.75) is 26.6 Å². The van der Waals surface area contributed by atoms with Gasteiger partial charge in [0, 0.05) is 5.41 Å². The first-order valence-electron chi connectivity index (χ1n) is 5.94. The number of hydrogen-bond donors (Lipinski definition) is 0. The van der Waals surface area contributed by atoms with Gasteiger partial charge in [0.2, 0.25) is 0 Å². The van der Waals surface area contributed by atoms with E-state index in [1.165, 1.54) is 5.56 Å². The molecule has 0 unspecified atom stereocenters. The van der Waals surface area contributed by atoms with E-state index in [0.29, 0.717) is 12.7 Å². The van der Waals surface area contributed by atoms with Crippen molar-refractivity contribution < 1.29 is 14.2 Å². The zero-order valence-electron chi connectivity index (χ0n) is 10.7. The number of epoxide rings is 1. The van der Waals surface area contributed by atoms with E-state index < -0.39 is 0 Å². The molecular formula is C14H20O3. The van der Waals surface area contributed by atoms with Crippen LogP contribution in [0.15, 0.2) is 24.3 Å². The van der Waals surface area contributed by atoms with Crippen molar-refractivity contribution in [2.24, 2.45) is 5.41 Å². The maximum atomic E-state index is 5.74. The molecule has 0 saturated carbocycles. The van der Waals surface area contributed by atoms with Crippen LogP contribution >= 0.6 is 0 Å². The van der Waals surface area contributed by atoms with Gasteiger partial charge >= 0.3 is 0 Å².